The summed E-state index contributed by atoms with van der Waals surface area (Å²) in [6.45, 7) is 2.62. The topological polar surface area (TPSA) is 32.7 Å². The summed E-state index contributed by atoms with van der Waals surface area (Å²) >= 11 is 0. The van der Waals surface area contributed by atoms with Gasteiger partial charge in [0.25, 0.3) is 0 Å². The van der Waals surface area contributed by atoms with Gasteiger partial charge in [-0.2, -0.15) is 0 Å². The number of aliphatic hydroxyl groups is 1. The summed E-state index contributed by atoms with van der Waals surface area (Å²) in [5.41, 5.74) is 0.481. The van der Waals surface area contributed by atoms with Crippen molar-refractivity contribution in [1.82, 2.24) is 4.90 Å². The van der Waals surface area contributed by atoms with Gasteiger partial charge in [-0.05, 0) is 30.5 Å². The van der Waals surface area contributed by atoms with Crippen molar-refractivity contribution in [2.45, 2.75) is 37.5 Å². The molecule has 0 bridgehead atoms. The maximum Gasteiger partial charge on any atom is 0.126 e. The third kappa shape index (κ3) is 3.00. The molecule has 2 saturated heterocycles. The van der Waals surface area contributed by atoms with Crippen molar-refractivity contribution >= 4 is 0 Å². The predicted molar refractivity (Wildman–Crippen MR) is 70.2 cm³/mol. The van der Waals surface area contributed by atoms with E-state index in [9.17, 15) is 13.9 Å². The lowest BCUT2D eigenvalue weighted by Gasteiger charge is -2.38. The lowest BCUT2D eigenvalue weighted by molar-refractivity contribution is -0.0456. The molecule has 0 aromatic heterocycles. The summed E-state index contributed by atoms with van der Waals surface area (Å²) in [6, 6.07) is 3.65. The minimum Gasteiger partial charge on any atom is -0.391 e. The summed E-state index contributed by atoms with van der Waals surface area (Å²) in [5.74, 6) is -1.06. The molecule has 2 fully saturated rings. The Labute approximate surface area is 117 Å². The number of benzene rings is 1. The lowest BCUT2D eigenvalue weighted by atomic mass is 9.88. The molecule has 1 aromatic rings. The first-order valence-electron chi connectivity index (χ1n) is 7.04. The molecule has 0 saturated carbocycles. The number of rotatable bonds is 2. The number of halogens is 2. The zero-order chi connectivity index (χ0) is 14.2. The Kier molecular flexibility index (Phi) is 3.75. The predicted octanol–water partition coefficient (Wildman–Crippen LogP) is 2.08. The van der Waals surface area contributed by atoms with E-state index < -0.39 is 11.6 Å². The summed E-state index contributed by atoms with van der Waals surface area (Å²) in [7, 11) is 0. The first-order chi connectivity index (χ1) is 9.55. The summed E-state index contributed by atoms with van der Waals surface area (Å²) < 4.78 is 32.1. The molecule has 2 aliphatic rings. The zero-order valence-electron chi connectivity index (χ0n) is 11.3. The summed E-state index contributed by atoms with van der Waals surface area (Å²) in [6.07, 6.45) is 2.08. The maximum atomic E-state index is 13.2. The van der Waals surface area contributed by atoms with Gasteiger partial charge in [-0.3, -0.25) is 4.90 Å². The van der Waals surface area contributed by atoms with Crippen molar-refractivity contribution in [2.24, 2.45) is 0 Å². The van der Waals surface area contributed by atoms with E-state index in [-0.39, 0.29) is 11.7 Å². The quantitative estimate of drug-likeness (QED) is 0.902. The molecule has 110 valence electrons. The van der Waals surface area contributed by atoms with E-state index in [0.29, 0.717) is 25.1 Å². The first kappa shape index (κ1) is 13.9. The number of nitrogens with zero attached hydrogens (tertiary/aromatic N) is 1. The molecule has 1 unspecified atom stereocenters. The van der Waals surface area contributed by atoms with Crippen molar-refractivity contribution < 1.29 is 18.6 Å². The fourth-order valence-corrected chi connectivity index (χ4v) is 3.25. The molecule has 0 aliphatic carbocycles. The average molecular weight is 283 g/mol. The van der Waals surface area contributed by atoms with Crippen molar-refractivity contribution in [2.75, 3.05) is 19.7 Å². The van der Waals surface area contributed by atoms with Crippen molar-refractivity contribution in [3.63, 3.8) is 0 Å². The number of hydrogen-bond donors (Lipinski definition) is 1. The molecule has 2 aliphatic heterocycles. The van der Waals surface area contributed by atoms with Gasteiger partial charge in [0.2, 0.25) is 0 Å². The molecule has 0 radical (unpaired) electrons. The highest BCUT2D eigenvalue weighted by molar-refractivity contribution is 5.18. The van der Waals surface area contributed by atoms with E-state index in [1.165, 1.54) is 12.1 Å². The third-order valence-corrected chi connectivity index (χ3v) is 4.29. The normalized spacial score (nSPS) is 26.2. The fraction of sp³-hybridized carbons (Fsp3) is 0.600. The smallest absolute Gasteiger partial charge is 0.126 e. The first-order valence-corrected chi connectivity index (χ1v) is 7.04. The zero-order valence-corrected chi connectivity index (χ0v) is 11.3. The second-order valence-corrected chi connectivity index (χ2v) is 5.91. The number of piperidine rings is 1. The van der Waals surface area contributed by atoms with E-state index in [0.717, 1.165) is 32.0 Å². The van der Waals surface area contributed by atoms with Crippen LogP contribution in [0, 0.1) is 11.6 Å². The third-order valence-electron chi connectivity index (χ3n) is 4.29. The molecule has 0 amide bonds. The molecule has 1 aromatic carbocycles. The van der Waals surface area contributed by atoms with Crippen LogP contribution in [-0.2, 0) is 11.3 Å². The second kappa shape index (κ2) is 5.39. The van der Waals surface area contributed by atoms with E-state index in [1.807, 2.05) is 0 Å². The number of ether oxygens (including phenoxy) is 1. The number of hydrogen-bond acceptors (Lipinski definition) is 3. The molecular weight excluding hydrogens is 264 g/mol. The van der Waals surface area contributed by atoms with Gasteiger partial charge < -0.3 is 9.84 Å². The lowest BCUT2D eigenvalue weighted by Crippen LogP contribution is -2.43. The van der Waals surface area contributed by atoms with E-state index >= 15 is 0 Å². The molecule has 1 spiro atoms. The van der Waals surface area contributed by atoms with Gasteiger partial charge in [-0.25, -0.2) is 8.78 Å². The highest BCUT2D eigenvalue weighted by atomic mass is 19.1. The van der Waals surface area contributed by atoms with Crippen LogP contribution in [-0.4, -0.2) is 41.4 Å². The maximum absolute atomic E-state index is 13.2. The Morgan fingerprint density at radius 1 is 1.20 bits per heavy atom. The van der Waals surface area contributed by atoms with Crippen LogP contribution in [0.2, 0.25) is 0 Å². The SMILES string of the molecule is OC1COC2(CCN(Cc3cc(F)cc(F)c3)CC2)C1. The van der Waals surface area contributed by atoms with Crippen LogP contribution in [0.4, 0.5) is 8.78 Å². The molecular formula is C15H19F2NO2. The molecule has 1 N–H and O–H groups in total. The molecule has 3 nitrogen and oxygen atoms in total. The number of aliphatic hydroxyl groups excluding tert-OH is 1. The summed E-state index contributed by atoms with van der Waals surface area (Å²) in [5, 5.41) is 9.59. The van der Waals surface area contributed by atoms with Crippen molar-refractivity contribution in [1.29, 1.82) is 0 Å². The Hall–Kier alpha value is -1.04. The Morgan fingerprint density at radius 2 is 1.85 bits per heavy atom. The Morgan fingerprint density at radius 3 is 2.40 bits per heavy atom. The van der Waals surface area contributed by atoms with Crippen LogP contribution in [0.25, 0.3) is 0 Å². The Bertz CT molecular complexity index is 467. The molecule has 5 heteroatoms. The fourth-order valence-electron chi connectivity index (χ4n) is 3.25. The molecule has 1 atom stereocenters. The van der Waals surface area contributed by atoms with Crippen molar-refractivity contribution in [3.8, 4) is 0 Å². The van der Waals surface area contributed by atoms with Crippen LogP contribution < -0.4 is 0 Å². The van der Waals surface area contributed by atoms with Crippen LogP contribution in [0.1, 0.15) is 24.8 Å². The van der Waals surface area contributed by atoms with Gasteiger partial charge in [-0.15, -0.1) is 0 Å². The van der Waals surface area contributed by atoms with Gasteiger partial charge in [-0.1, -0.05) is 0 Å². The largest absolute Gasteiger partial charge is 0.391 e. The van der Waals surface area contributed by atoms with Gasteiger partial charge >= 0.3 is 0 Å². The van der Waals surface area contributed by atoms with Crippen molar-refractivity contribution in [3.05, 3.63) is 35.4 Å². The number of likely N-dealkylation sites (tertiary alicyclic amines) is 1. The average Bonchev–Trinajstić information content (AvgIpc) is 2.73. The van der Waals surface area contributed by atoms with Crippen LogP contribution >= 0.6 is 0 Å². The van der Waals surface area contributed by atoms with Gasteiger partial charge in [0.1, 0.15) is 11.6 Å². The van der Waals surface area contributed by atoms with Gasteiger partial charge in [0, 0.05) is 32.1 Å². The molecule has 3 rings (SSSR count). The summed E-state index contributed by atoms with van der Waals surface area (Å²) in [4.78, 5) is 2.17. The standard InChI is InChI=1S/C15H19F2NO2/c16-12-5-11(6-13(17)7-12)9-18-3-1-15(2-4-18)8-14(19)10-20-15/h5-7,14,19H,1-4,8-10H2. The Balaban J connectivity index is 1.58. The van der Waals surface area contributed by atoms with Crippen LogP contribution in [0.3, 0.4) is 0 Å². The minimum absolute atomic E-state index is 0.177. The highest BCUT2D eigenvalue weighted by Gasteiger charge is 2.41. The molecule has 20 heavy (non-hydrogen) atoms. The van der Waals surface area contributed by atoms with E-state index in [4.69, 9.17) is 4.74 Å². The highest BCUT2D eigenvalue weighted by Crippen LogP contribution is 2.36. The van der Waals surface area contributed by atoms with E-state index in [2.05, 4.69) is 4.90 Å². The van der Waals surface area contributed by atoms with Gasteiger partial charge in [0.05, 0.1) is 18.3 Å². The van der Waals surface area contributed by atoms with Crippen LogP contribution in [0.5, 0.6) is 0 Å². The molecule has 2 heterocycles. The monoisotopic (exact) mass is 283 g/mol. The van der Waals surface area contributed by atoms with Crippen LogP contribution in [0.15, 0.2) is 18.2 Å². The second-order valence-electron chi connectivity index (χ2n) is 5.91. The van der Waals surface area contributed by atoms with E-state index in [1.54, 1.807) is 0 Å². The van der Waals surface area contributed by atoms with Gasteiger partial charge in [0.15, 0.2) is 0 Å². The minimum atomic E-state index is -0.532.